The molecule has 2 aliphatic rings. The molecule has 5 heteroatoms. The number of rotatable bonds is 16. The van der Waals surface area contributed by atoms with Crippen molar-refractivity contribution in [3.8, 4) is 0 Å². The van der Waals surface area contributed by atoms with Gasteiger partial charge in [0.05, 0.1) is 19.3 Å². The van der Waals surface area contributed by atoms with Gasteiger partial charge >= 0.3 is 5.97 Å². The van der Waals surface area contributed by atoms with Gasteiger partial charge in [0.15, 0.2) is 11.6 Å². The highest BCUT2D eigenvalue weighted by molar-refractivity contribution is 5.94. The van der Waals surface area contributed by atoms with Crippen LogP contribution in [-0.4, -0.2) is 36.9 Å². The molecule has 1 heterocycles. The third-order valence-corrected chi connectivity index (χ3v) is 6.40. The third kappa shape index (κ3) is 9.58. The summed E-state index contributed by atoms with van der Waals surface area (Å²) >= 11 is 0. The van der Waals surface area contributed by atoms with Crippen LogP contribution in [0.15, 0.2) is 24.3 Å². The van der Waals surface area contributed by atoms with Crippen LogP contribution in [0.4, 0.5) is 0 Å². The normalized spacial score (nSPS) is 22.4. The Hall–Kier alpha value is -1.46. The van der Waals surface area contributed by atoms with Gasteiger partial charge in [-0.15, -0.1) is 0 Å². The third-order valence-electron chi connectivity index (χ3n) is 6.40. The number of hydrogen-bond donors (Lipinski definition) is 0. The highest BCUT2D eigenvalue weighted by Crippen LogP contribution is 2.36. The smallest absolute Gasteiger partial charge is 0.306 e. The van der Waals surface area contributed by atoms with E-state index in [4.69, 9.17) is 14.2 Å². The average Bonchev–Trinajstić information content (AvgIpc) is 3.36. The molecule has 1 aliphatic carbocycles. The second-order valence-electron chi connectivity index (χ2n) is 9.48. The maximum absolute atomic E-state index is 12.4. The van der Waals surface area contributed by atoms with Gasteiger partial charge in [-0.25, -0.2) is 0 Å². The standard InChI is InChI=1S/C27H44O5/c1-4-5-6-9-12-18-27(30-20-21-31-27)19-17-23-15-16-25(28)24(23)13-10-7-8-11-14-26(29)32-22(2)3/h7,10,15-16,22-24H,4-6,8-9,11-14,17-21H2,1-3H3/t23-,24-/m1/s1. The van der Waals surface area contributed by atoms with Crippen LogP contribution in [0.5, 0.6) is 0 Å². The summed E-state index contributed by atoms with van der Waals surface area (Å²) in [7, 11) is 0. The quantitative estimate of drug-likeness (QED) is 0.157. The Balaban J connectivity index is 1.73. The summed E-state index contributed by atoms with van der Waals surface area (Å²) in [5, 5.41) is 0. The molecule has 1 fully saturated rings. The van der Waals surface area contributed by atoms with Crippen LogP contribution in [0.2, 0.25) is 0 Å². The van der Waals surface area contributed by atoms with E-state index in [0.717, 1.165) is 44.9 Å². The molecular weight excluding hydrogens is 404 g/mol. The zero-order valence-corrected chi connectivity index (χ0v) is 20.5. The lowest BCUT2D eigenvalue weighted by Crippen LogP contribution is -2.31. The largest absolute Gasteiger partial charge is 0.463 e. The molecule has 5 nitrogen and oxygen atoms in total. The van der Waals surface area contributed by atoms with Crippen molar-refractivity contribution in [3.05, 3.63) is 24.3 Å². The van der Waals surface area contributed by atoms with Crippen LogP contribution in [0.3, 0.4) is 0 Å². The summed E-state index contributed by atoms with van der Waals surface area (Å²) in [6.07, 6.45) is 19.6. The first-order valence-corrected chi connectivity index (χ1v) is 12.8. The Bertz CT molecular complexity index is 616. The van der Waals surface area contributed by atoms with E-state index in [0.29, 0.717) is 19.6 Å². The van der Waals surface area contributed by atoms with E-state index in [2.05, 4.69) is 25.2 Å². The van der Waals surface area contributed by atoms with E-state index in [-0.39, 0.29) is 29.7 Å². The Morgan fingerprint density at radius 1 is 1.12 bits per heavy atom. The molecule has 0 spiro atoms. The number of unbranched alkanes of at least 4 members (excludes halogenated alkanes) is 5. The zero-order chi connectivity index (χ0) is 23.2. The number of carbonyl (C=O) groups excluding carboxylic acids is 2. The van der Waals surface area contributed by atoms with E-state index in [1.54, 1.807) is 6.08 Å². The lowest BCUT2D eigenvalue weighted by Gasteiger charge is -2.29. The summed E-state index contributed by atoms with van der Waals surface area (Å²) in [4.78, 5) is 24.0. The van der Waals surface area contributed by atoms with Gasteiger partial charge in [-0.05, 0) is 57.9 Å². The van der Waals surface area contributed by atoms with Crippen molar-refractivity contribution in [1.29, 1.82) is 0 Å². The minimum absolute atomic E-state index is 0.0140. The van der Waals surface area contributed by atoms with Crippen LogP contribution in [-0.2, 0) is 23.8 Å². The van der Waals surface area contributed by atoms with Crippen LogP contribution < -0.4 is 0 Å². The van der Waals surface area contributed by atoms with E-state index in [1.807, 2.05) is 13.8 Å². The highest BCUT2D eigenvalue weighted by Gasteiger charge is 2.38. The van der Waals surface area contributed by atoms with E-state index < -0.39 is 5.79 Å². The molecule has 0 unspecified atom stereocenters. The van der Waals surface area contributed by atoms with Gasteiger partial charge in [0.2, 0.25) is 0 Å². The van der Waals surface area contributed by atoms with Gasteiger partial charge in [-0.3, -0.25) is 9.59 Å². The lowest BCUT2D eigenvalue weighted by molar-refractivity contribution is -0.170. The molecule has 2 atom stereocenters. The second-order valence-corrected chi connectivity index (χ2v) is 9.48. The van der Waals surface area contributed by atoms with Crippen molar-refractivity contribution >= 4 is 11.8 Å². The first-order chi connectivity index (χ1) is 15.5. The fourth-order valence-corrected chi connectivity index (χ4v) is 4.62. The minimum Gasteiger partial charge on any atom is -0.463 e. The van der Waals surface area contributed by atoms with Crippen molar-refractivity contribution in [2.24, 2.45) is 11.8 Å². The maximum Gasteiger partial charge on any atom is 0.306 e. The number of allylic oxidation sites excluding steroid dienone is 4. The molecule has 0 radical (unpaired) electrons. The molecule has 0 aromatic heterocycles. The van der Waals surface area contributed by atoms with Crippen molar-refractivity contribution in [1.82, 2.24) is 0 Å². The molecule has 0 aromatic carbocycles. The number of esters is 1. The Labute approximate surface area is 195 Å². The summed E-state index contributed by atoms with van der Waals surface area (Å²) in [5.41, 5.74) is 0. The molecule has 1 aliphatic heterocycles. The Morgan fingerprint density at radius 2 is 1.88 bits per heavy atom. The fraction of sp³-hybridized carbons (Fsp3) is 0.778. The second kappa shape index (κ2) is 14.6. The molecule has 0 aromatic rings. The fourth-order valence-electron chi connectivity index (χ4n) is 4.62. The summed E-state index contributed by atoms with van der Waals surface area (Å²) in [6, 6.07) is 0. The number of hydrogen-bond acceptors (Lipinski definition) is 5. The van der Waals surface area contributed by atoms with E-state index >= 15 is 0 Å². The van der Waals surface area contributed by atoms with Crippen molar-refractivity contribution in [2.45, 2.75) is 110 Å². The van der Waals surface area contributed by atoms with Gasteiger partial charge in [-0.2, -0.15) is 0 Å². The van der Waals surface area contributed by atoms with Crippen molar-refractivity contribution in [2.75, 3.05) is 13.2 Å². The zero-order valence-electron chi connectivity index (χ0n) is 20.5. The molecule has 0 N–H and O–H groups in total. The molecule has 2 rings (SSSR count). The van der Waals surface area contributed by atoms with Gasteiger partial charge in [0.1, 0.15) is 0 Å². The van der Waals surface area contributed by atoms with Crippen molar-refractivity contribution in [3.63, 3.8) is 0 Å². The topological polar surface area (TPSA) is 61.8 Å². The van der Waals surface area contributed by atoms with Crippen LogP contribution in [0.25, 0.3) is 0 Å². The van der Waals surface area contributed by atoms with Crippen LogP contribution in [0, 0.1) is 11.8 Å². The number of ether oxygens (including phenoxy) is 3. The van der Waals surface area contributed by atoms with Crippen LogP contribution in [0.1, 0.15) is 97.8 Å². The van der Waals surface area contributed by atoms with Gasteiger partial charge < -0.3 is 14.2 Å². The molecular formula is C27H44O5. The highest BCUT2D eigenvalue weighted by atomic mass is 16.7. The molecule has 32 heavy (non-hydrogen) atoms. The minimum atomic E-state index is -0.448. The van der Waals surface area contributed by atoms with Gasteiger partial charge in [0.25, 0.3) is 0 Å². The number of ketones is 1. The number of carbonyl (C=O) groups is 2. The predicted octanol–water partition coefficient (Wildman–Crippen LogP) is 6.31. The first kappa shape index (κ1) is 26.8. The average molecular weight is 449 g/mol. The van der Waals surface area contributed by atoms with E-state index in [9.17, 15) is 9.59 Å². The predicted molar refractivity (Wildman–Crippen MR) is 127 cm³/mol. The molecule has 0 bridgehead atoms. The Kier molecular flexibility index (Phi) is 12.3. The molecule has 0 amide bonds. The van der Waals surface area contributed by atoms with Gasteiger partial charge in [-0.1, -0.05) is 50.8 Å². The van der Waals surface area contributed by atoms with Crippen LogP contribution >= 0.6 is 0 Å². The molecule has 0 saturated carbocycles. The summed E-state index contributed by atoms with van der Waals surface area (Å²) in [6.45, 7) is 7.30. The monoisotopic (exact) mass is 448 g/mol. The van der Waals surface area contributed by atoms with Crippen molar-refractivity contribution < 1.29 is 23.8 Å². The van der Waals surface area contributed by atoms with E-state index in [1.165, 1.54) is 25.7 Å². The lowest BCUT2D eigenvalue weighted by atomic mass is 9.86. The molecule has 182 valence electrons. The SMILES string of the molecule is CCCCCCCC1(CC[C@H]2C=CC(=O)[C@@H]2CC=CCCCC(=O)OC(C)C)OCCO1. The Morgan fingerprint density at radius 3 is 2.59 bits per heavy atom. The summed E-state index contributed by atoms with van der Waals surface area (Å²) < 4.78 is 17.3. The molecule has 1 saturated heterocycles. The van der Waals surface area contributed by atoms with Gasteiger partial charge in [0, 0.05) is 25.2 Å². The summed E-state index contributed by atoms with van der Waals surface area (Å²) in [5.74, 6) is -0.101. The maximum atomic E-state index is 12.4. The first-order valence-electron chi connectivity index (χ1n) is 12.8.